The molecule has 0 aromatic rings. The first-order chi connectivity index (χ1) is 5.11. The number of primary amides is 1. The van der Waals surface area contributed by atoms with E-state index in [9.17, 15) is 14.0 Å². The number of hydrogen-bond acceptors (Lipinski definition) is 3. The van der Waals surface area contributed by atoms with Crippen molar-refractivity contribution >= 4 is 17.4 Å². The topological polar surface area (TPSA) is 72.5 Å². The second kappa shape index (κ2) is 2.61. The maximum Gasteiger partial charge on any atom is 0.271 e. The molecular weight excluding hydrogens is 151 g/mol. The molecule has 0 bridgehead atoms. The number of halogens is 1. The summed E-state index contributed by atoms with van der Waals surface area (Å²) in [4.78, 5) is 24.4. The number of nitrogens with two attached hydrogens (primary N) is 1. The molecule has 5 heteroatoms. The molecule has 0 atom stereocenters. The summed E-state index contributed by atoms with van der Waals surface area (Å²) < 4.78 is 12.3. The third-order valence-corrected chi connectivity index (χ3v) is 1.16. The van der Waals surface area contributed by atoms with Gasteiger partial charge in [0.2, 0.25) is 0 Å². The summed E-state index contributed by atoms with van der Waals surface area (Å²) in [6, 6.07) is 0. The van der Waals surface area contributed by atoms with Gasteiger partial charge in [0, 0.05) is 0 Å². The molecule has 0 radical (unpaired) electrons. The average Bonchev–Trinajstić information content (AvgIpc) is 1.85. The molecule has 0 aromatic carbocycles. The smallest absolute Gasteiger partial charge is 0.271 e. The highest BCUT2D eigenvalue weighted by Crippen LogP contribution is 2.09. The number of aliphatic imine (C=N–C) groups is 1. The summed E-state index contributed by atoms with van der Waals surface area (Å²) in [5, 5.41) is 0. The lowest BCUT2D eigenvalue weighted by Gasteiger charge is -2.02. The van der Waals surface area contributed by atoms with Crippen LogP contribution >= 0.6 is 0 Å². The molecule has 0 aliphatic carbocycles. The van der Waals surface area contributed by atoms with Crippen molar-refractivity contribution in [1.29, 1.82) is 0 Å². The summed E-state index contributed by atoms with van der Waals surface area (Å²) in [7, 11) is 0. The lowest BCUT2D eigenvalue weighted by Crippen LogP contribution is -2.31. The second-order valence-corrected chi connectivity index (χ2v) is 2.02. The molecular formula is C6H5FN2O2. The van der Waals surface area contributed by atoms with E-state index in [0.717, 1.165) is 6.20 Å². The molecule has 1 amide bonds. The Bertz CT molecular complexity index is 280. The first-order valence-corrected chi connectivity index (χ1v) is 2.86. The van der Waals surface area contributed by atoms with E-state index >= 15 is 0 Å². The standard InChI is InChI=1S/C6H5FN2O2/c7-3-1-4(10)5(6(8)11)9-2-3/h2H,1H2,(H2,8,11). The minimum Gasteiger partial charge on any atom is -0.364 e. The van der Waals surface area contributed by atoms with Crippen molar-refractivity contribution in [2.24, 2.45) is 10.7 Å². The van der Waals surface area contributed by atoms with Crippen molar-refractivity contribution in [2.75, 3.05) is 0 Å². The number of Topliss-reactive ketones (excluding diaryl/α,β-unsaturated/α-hetero) is 1. The van der Waals surface area contributed by atoms with Gasteiger partial charge in [0.05, 0.1) is 12.6 Å². The van der Waals surface area contributed by atoms with Gasteiger partial charge in [-0.25, -0.2) is 9.38 Å². The number of carbonyl (C=O) groups is 2. The fourth-order valence-corrected chi connectivity index (χ4v) is 0.690. The molecule has 1 heterocycles. The van der Waals surface area contributed by atoms with E-state index < -0.39 is 23.9 Å². The highest BCUT2D eigenvalue weighted by molar-refractivity contribution is 6.65. The molecule has 11 heavy (non-hydrogen) atoms. The van der Waals surface area contributed by atoms with Crippen LogP contribution in [0.15, 0.2) is 17.0 Å². The van der Waals surface area contributed by atoms with Crippen LogP contribution in [0.2, 0.25) is 0 Å². The molecule has 2 N–H and O–H groups in total. The van der Waals surface area contributed by atoms with Crippen LogP contribution in [-0.2, 0) is 9.59 Å². The summed E-state index contributed by atoms with van der Waals surface area (Å²) in [5.74, 6) is -2.24. The predicted molar refractivity (Wildman–Crippen MR) is 35.4 cm³/mol. The third kappa shape index (κ3) is 1.49. The van der Waals surface area contributed by atoms with E-state index in [0.29, 0.717) is 0 Å². The van der Waals surface area contributed by atoms with Gasteiger partial charge in [-0.15, -0.1) is 0 Å². The molecule has 58 valence electrons. The molecule has 4 nitrogen and oxygen atoms in total. The minimum atomic E-state index is -0.918. The summed E-state index contributed by atoms with van der Waals surface area (Å²) in [6.45, 7) is 0. The van der Waals surface area contributed by atoms with Crippen LogP contribution in [0.5, 0.6) is 0 Å². The minimum absolute atomic E-state index is 0.383. The van der Waals surface area contributed by atoms with Crippen molar-refractivity contribution in [3.63, 3.8) is 0 Å². The van der Waals surface area contributed by atoms with Gasteiger partial charge < -0.3 is 5.73 Å². The highest BCUT2D eigenvalue weighted by atomic mass is 19.1. The number of hydrogen-bond donors (Lipinski definition) is 1. The Balaban J connectivity index is 2.96. The normalized spacial score (nSPS) is 17.4. The van der Waals surface area contributed by atoms with Crippen molar-refractivity contribution in [3.05, 3.63) is 12.0 Å². The van der Waals surface area contributed by atoms with Crippen LogP contribution in [0.4, 0.5) is 4.39 Å². The van der Waals surface area contributed by atoms with E-state index in [4.69, 9.17) is 5.73 Å². The zero-order valence-electron chi connectivity index (χ0n) is 5.50. The number of rotatable bonds is 1. The Labute approximate surface area is 61.6 Å². The van der Waals surface area contributed by atoms with E-state index in [1.165, 1.54) is 0 Å². The van der Waals surface area contributed by atoms with E-state index in [1.54, 1.807) is 0 Å². The molecule has 0 saturated carbocycles. The number of nitrogens with zero attached hydrogens (tertiary/aromatic N) is 1. The molecule has 1 rings (SSSR count). The Morgan fingerprint density at radius 2 is 2.36 bits per heavy atom. The molecule has 0 aromatic heterocycles. The zero-order chi connectivity index (χ0) is 8.43. The summed E-state index contributed by atoms with van der Waals surface area (Å²) >= 11 is 0. The largest absolute Gasteiger partial charge is 0.364 e. The Morgan fingerprint density at radius 3 is 2.82 bits per heavy atom. The van der Waals surface area contributed by atoms with E-state index in [1.807, 2.05) is 0 Å². The number of allylic oxidation sites excluding steroid dienone is 1. The maximum absolute atomic E-state index is 12.3. The van der Waals surface area contributed by atoms with Gasteiger partial charge in [0.25, 0.3) is 5.91 Å². The SMILES string of the molecule is NC(=O)C1=NC=C(F)CC1=O. The van der Waals surface area contributed by atoms with Gasteiger partial charge in [0.15, 0.2) is 11.5 Å². The fourth-order valence-electron chi connectivity index (χ4n) is 0.690. The van der Waals surface area contributed by atoms with Crippen molar-refractivity contribution < 1.29 is 14.0 Å². The molecule has 0 saturated heterocycles. The molecule has 1 aliphatic rings. The third-order valence-electron chi connectivity index (χ3n) is 1.16. The Hall–Kier alpha value is -1.52. The second-order valence-electron chi connectivity index (χ2n) is 2.02. The first-order valence-electron chi connectivity index (χ1n) is 2.86. The Morgan fingerprint density at radius 1 is 1.73 bits per heavy atom. The van der Waals surface area contributed by atoms with Crippen LogP contribution in [0.25, 0.3) is 0 Å². The number of carbonyl (C=O) groups excluding carboxylic acids is 2. The first kappa shape index (κ1) is 7.59. The van der Waals surface area contributed by atoms with Gasteiger partial charge >= 0.3 is 0 Å². The van der Waals surface area contributed by atoms with Crippen molar-refractivity contribution in [2.45, 2.75) is 6.42 Å². The van der Waals surface area contributed by atoms with E-state index in [2.05, 4.69) is 4.99 Å². The fraction of sp³-hybridized carbons (Fsp3) is 0.167. The van der Waals surface area contributed by atoms with Crippen molar-refractivity contribution in [3.8, 4) is 0 Å². The summed E-state index contributed by atoms with van der Waals surface area (Å²) in [6.07, 6.45) is 0.406. The summed E-state index contributed by atoms with van der Waals surface area (Å²) in [5.41, 5.74) is 4.38. The van der Waals surface area contributed by atoms with Gasteiger partial charge in [0.1, 0.15) is 5.83 Å². The Kier molecular flexibility index (Phi) is 1.80. The molecule has 0 unspecified atom stereocenters. The molecule has 0 spiro atoms. The number of amides is 1. The zero-order valence-corrected chi connectivity index (χ0v) is 5.50. The number of ketones is 1. The predicted octanol–water partition coefficient (Wildman–Crippen LogP) is -0.304. The lowest BCUT2D eigenvalue weighted by atomic mass is 10.1. The van der Waals surface area contributed by atoms with Crippen LogP contribution < -0.4 is 5.73 Å². The quantitative estimate of drug-likeness (QED) is 0.565. The van der Waals surface area contributed by atoms with Gasteiger partial charge in [-0.05, 0) is 0 Å². The van der Waals surface area contributed by atoms with Gasteiger partial charge in [-0.2, -0.15) is 0 Å². The highest BCUT2D eigenvalue weighted by Gasteiger charge is 2.21. The van der Waals surface area contributed by atoms with Crippen molar-refractivity contribution in [1.82, 2.24) is 0 Å². The van der Waals surface area contributed by atoms with Crippen LogP contribution in [0.3, 0.4) is 0 Å². The molecule has 0 fully saturated rings. The van der Waals surface area contributed by atoms with Gasteiger partial charge in [-0.3, -0.25) is 9.59 Å². The lowest BCUT2D eigenvalue weighted by molar-refractivity contribution is -0.116. The van der Waals surface area contributed by atoms with Crippen LogP contribution in [0, 0.1) is 0 Å². The van der Waals surface area contributed by atoms with Crippen LogP contribution in [-0.4, -0.2) is 17.4 Å². The maximum atomic E-state index is 12.3. The average molecular weight is 156 g/mol. The van der Waals surface area contributed by atoms with Crippen LogP contribution in [0.1, 0.15) is 6.42 Å². The van der Waals surface area contributed by atoms with Gasteiger partial charge in [-0.1, -0.05) is 0 Å². The van der Waals surface area contributed by atoms with E-state index in [-0.39, 0.29) is 5.71 Å². The monoisotopic (exact) mass is 156 g/mol. The molecule has 1 aliphatic heterocycles.